The van der Waals surface area contributed by atoms with Crippen LogP contribution in [0.1, 0.15) is 31.7 Å². The predicted octanol–water partition coefficient (Wildman–Crippen LogP) is 3.44. The van der Waals surface area contributed by atoms with Crippen LogP contribution in [0.15, 0.2) is 54.3 Å². The Bertz CT molecular complexity index is 574. The highest BCUT2D eigenvalue weighted by Gasteiger charge is 2.42. The second-order valence-electron chi connectivity index (χ2n) is 6.20. The van der Waals surface area contributed by atoms with Crippen LogP contribution in [-0.2, 0) is 16.0 Å². The fraction of sp³-hybridized carbons (Fsp3) is 0.421. The molecule has 1 aromatic carbocycles. The molecule has 22 heavy (non-hydrogen) atoms. The van der Waals surface area contributed by atoms with Crippen LogP contribution >= 0.6 is 0 Å². The molecule has 1 N–H and O–H groups in total. The third kappa shape index (κ3) is 3.66. The van der Waals surface area contributed by atoms with E-state index in [0.29, 0.717) is 25.7 Å². The highest BCUT2D eigenvalue weighted by molar-refractivity contribution is 5.98. The van der Waals surface area contributed by atoms with Crippen LogP contribution in [0.4, 0.5) is 0 Å². The average Bonchev–Trinajstić information content (AvgIpc) is 2.82. The summed E-state index contributed by atoms with van der Waals surface area (Å²) < 4.78 is 5.29. The van der Waals surface area contributed by atoms with Crippen LogP contribution in [-0.4, -0.2) is 24.1 Å². The first-order valence-corrected chi connectivity index (χ1v) is 7.63. The molecule has 1 aliphatic rings. The lowest BCUT2D eigenvalue weighted by Gasteiger charge is -2.29. The van der Waals surface area contributed by atoms with E-state index in [1.165, 1.54) is 0 Å². The van der Waals surface area contributed by atoms with E-state index in [4.69, 9.17) is 4.74 Å². The Labute approximate surface area is 132 Å². The summed E-state index contributed by atoms with van der Waals surface area (Å²) in [5.41, 5.74) is 1.36. The van der Waals surface area contributed by atoms with E-state index in [9.17, 15) is 9.90 Å². The van der Waals surface area contributed by atoms with Crippen molar-refractivity contribution in [2.24, 2.45) is 5.41 Å². The highest BCUT2D eigenvalue weighted by Crippen LogP contribution is 2.42. The molecule has 3 heteroatoms. The van der Waals surface area contributed by atoms with E-state index in [1.54, 1.807) is 13.2 Å². The van der Waals surface area contributed by atoms with Gasteiger partial charge in [0, 0.05) is 17.9 Å². The number of ketones is 1. The number of benzene rings is 1. The largest absolute Gasteiger partial charge is 0.501 e. The van der Waals surface area contributed by atoms with Gasteiger partial charge in [-0.15, -0.1) is 0 Å². The molecular formula is C19H24O3. The van der Waals surface area contributed by atoms with Crippen LogP contribution in [0.5, 0.6) is 0 Å². The van der Waals surface area contributed by atoms with Crippen molar-refractivity contribution in [3.63, 3.8) is 0 Å². The summed E-state index contributed by atoms with van der Waals surface area (Å²) in [6.45, 7) is 5.59. The first-order valence-electron chi connectivity index (χ1n) is 7.63. The van der Waals surface area contributed by atoms with E-state index >= 15 is 0 Å². The summed E-state index contributed by atoms with van der Waals surface area (Å²) >= 11 is 0. The van der Waals surface area contributed by atoms with Crippen molar-refractivity contribution >= 4 is 5.78 Å². The smallest absolute Gasteiger partial charge is 0.165 e. The maximum atomic E-state index is 12.6. The monoisotopic (exact) mass is 300 g/mol. The van der Waals surface area contributed by atoms with Gasteiger partial charge in [0.15, 0.2) is 5.78 Å². The van der Waals surface area contributed by atoms with E-state index in [2.05, 4.69) is 6.58 Å². The Kier molecular flexibility index (Phi) is 5.19. The van der Waals surface area contributed by atoms with Gasteiger partial charge in [-0.3, -0.25) is 4.79 Å². The van der Waals surface area contributed by atoms with E-state index in [0.717, 1.165) is 16.9 Å². The molecule has 2 atom stereocenters. The minimum absolute atomic E-state index is 0.0992. The lowest BCUT2D eigenvalue weighted by Crippen LogP contribution is -2.31. The Morgan fingerprint density at radius 3 is 2.64 bits per heavy atom. The van der Waals surface area contributed by atoms with Gasteiger partial charge in [0.25, 0.3) is 0 Å². The normalized spacial score (nSPS) is 22.3. The number of hydrogen-bond donors (Lipinski definition) is 1. The van der Waals surface area contributed by atoms with Crippen molar-refractivity contribution in [1.29, 1.82) is 0 Å². The van der Waals surface area contributed by atoms with Crippen LogP contribution in [0, 0.1) is 5.41 Å². The Morgan fingerprint density at radius 1 is 1.41 bits per heavy atom. The summed E-state index contributed by atoms with van der Waals surface area (Å²) in [6.07, 6.45) is 3.47. The Balaban J connectivity index is 2.18. The molecule has 0 heterocycles. The van der Waals surface area contributed by atoms with Gasteiger partial charge in [-0.1, -0.05) is 42.5 Å². The van der Waals surface area contributed by atoms with Crippen molar-refractivity contribution in [3.05, 3.63) is 59.9 Å². The number of rotatable bonds is 7. The summed E-state index contributed by atoms with van der Waals surface area (Å²) in [7, 11) is 1.60. The Hall–Kier alpha value is -1.87. The van der Waals surface area contributed by atoms with Crippen molar-refractivity contribution in [2.45, 2.75) is 38.7 Å². The quantitative estimate of drug-likeness (QED) is 0.785. The molecule has 1 aromatic rings. The van der Waals surface area contributed by atoms with Crippen LogP contribution in [0.25, 0.3) is 0 Å². The lowest BCUT2D eigenvalue weighted by molar-refractivity contribution is -0.123. The predicted molar refractivity (Wildman–Crippen MR) is 87.3 cm³/mol. The molecule has 0 saturated heterocycles. The van der Waals surface area contributed by atoms with Gasteiger partial charge in [0.2, 0.25) is 0 Å². The molecule has 0 unspecified atom stereocenters. The van der Waals surface area contributed by atoms with Crippen molar-refractivity contribution in [3.8, 4) is 0 Å². The lowest BCUT2D eigenvalue weighted by atomic mass is 9.74. The summed E-state index contributed by atoms with van der Waals surface area (Å²) in [4.78, 5) is 12.6. The zero-order valence-corrected chi connectivity index (χ0v) is 13.3. The molecule has 2 rings (SSSR count). The van der Waals surface area contributed by atoms with Gasteiger partial charge in [-0.05, 0) is 31.7 Å². The summed E-state index contributed by atoms with van der Waals surface area (Å²) in [6, 6.07) is 10.0. The van der Waals surface area contributed by atoms with Gasteiger partial charge in [-0.2, -0.15) is 0 Å². The Morgan fingerprint density at radius 2 is 2.09 bits per heavy atom. The topological polar surface area (TPSA) is 46.5 Å². The molecule has 3 nitrogen and oxygen atoms in total. The number of ether oxygens (including phenoxy) is 1. The number of aliphatic hydroxyl groups excluding tert-OH is 1. The molecule has 1 aliphatic carbocycles. The third-order valence-corrected chi connectivity index (χ3v) is 4.44. The van der Waals surface area contributed by atoms with Crippen LogP contribution in [0.2, 0.25) is 0 Å². The average molecular weight is 300 g/mol. The number of methoxy groups -OCH3 is 1. The molecule has 118 valence electrons. The SMILES string of the molecule is C=C(C)[C@@H](O)CC[C@@]1(Cc2ccccc2)CC(OC)=CC1=O. The molecule has 0 amide bonds. The van der Waals surface area contributed by atoms with Crippen LogP contribution in [0.3, 0.4) is 0 Å². The molecule has 0 aromatic heterocycles. The minimum Gasteiger partial charge on any atom is -0.501 e. The number of hydrogen-bond acceptors (Lipinski definition) is 3. The van der Waals surface area contributed by atoms with E-state index < -0.39 is 11.5 Å². The van der Waals surface area contributed by atoms with Crippen molar-refractivity contribution in [2.75, 3.05) is 7.11 Å². The second kappa shape index (κ2) is 6.93. The van der Waals surface area contributed by atoms with Crippen molar-refractivity contribution in [1.82, 2.24) is 0 Å². The first-order chi connectivity index (χ1) is 10.5. The molecule has 0 radical (unpaired) electrons. The van der Waals surface area contributed by atoms with Gasteiger partial charge in [0.05, 0.1) is 13.2 Å². The van der Waals surface area contributed by atoms with Gasteiger partial charge < -0.3 is 9.84 Å². The van der Waals surface area contributed by atoms with Crippen LogP contribution < -0.4 is 0 Å². The highest BCUT2D eigenvalue weighted by atomic mass is 16.5. The molecule has 0 saturated carbocycles. The molecule has 0 spiro atoms. The summed E-state index contributed by atoms with van der Waals surface area (Å²) in [5.74, 6) is 0.827. The van der Waals surface area contributed by atoms with Gasteiger partial charge in [-0.25, -0.2) is 0 Å². The standard InChI is InChI=1S/C19H24O3/c1-14(2)17(20)9-10-19(12-15-7-5-4-6-8-15)13-16(22-3)11-18(19)21/h4-8,11,17,20H,1,9-10,12-13H2,2-3H3/t17-,19+/m0/s1. The van der Waals surface area contributed by atoms with E-state index in [1.807, 2.05) is 37.3 Å². The fourth-order valence-electron chi connectivity index (χ4n) is 3.00. The number of carbonyl (C=O) groups excluding carboxylic acids is 1. The molecule has 0 bridgehead atoms. The minimum atomic E-state index is -0.563. The maximum Gasteiger partial charge on any atom is 0.165 e. The number of carbonyl (C=O) groups is 1. The van der Waals surface area contributed by atoms with E-state index in [-0.39, 0.29) is 5.78 Å². The van der Waals surface area contributed by atoms with Crippen molar-refractivity contribution < 1.29 is 14.6 Å². The zero-order chi connectivity index (χ0) is 16.2. The third-order valence-electron chi connectivity index (χ3n) is 4.44. The maximum absolute atomic E-state index is 12.6. The van der Waals surface area contributed by atoms with Gasteiger partial charge >= 0.3 is 0 Å². The second-order valence-corrected chi connectivity index (χ2v) is 6.20. The fourth-order valence-corrected chi connectivity index (χ4v) is 3.00. The molecule has 0 aliphatic heterocycles. The van der Waals surface area contributed by atoms with Gasteiger partial charge in [0.1, 0.15) is 5.76 Å². The first kappa shape index (κ1) is 16.5. The number of allylic oxidation sites excluding steroid dienone is 2. The molecular weight excluding hydrogens is 276 g/mol. The zero-order valence-electron chi connectivity index (χ0n) is 13.3. The molecule has 0 fully saturated rings. The number of aliphatic hydroxyl groups is 1. The summed E-state index contributed by atoms with van der Waals surface area (Å²) in [5, 5.41) is 10.0.